The Morgan fingerprint density at radius 2 is 2.37 bits per heavy atom. The van der Waals surface area contributed by atoms with Crippen molar-refractivity contribution >= 4 is 5.91 Å². The number of nitrogens with zero attached hydrogens (tertiary/aromatic N) is 3. The summed E-state index contributed by atoms with van der Waals surface area (Å²) in [5.41, 5.74) is 0.872. The summed E-state index contributed by atoms with van der Waals surface area (Å²) in [6, 6.07) is 3.43. The Kier molecular flexibility index (Phi) is 4.22. The lowest BCUT2D eigenvalue weighted by Gasteiger charge is -2.12. The van der Waals surface area contributed by atoms with Gasteiger partial charge >= 0.3 is 0 Å². The third-order valence-electron chi connectivity index (χ3n) is 2.67. The number of carbonyl (C=O) groups is 1. The molecule has 0 saturated carbocycles. The molecule has 1 N–H and O–H groups in total. The maximum Gasteiger partial charge on any atom is 0.249 e. The van der Waals surface area contributed by atoms with E-state index in [2.05, 4.69) is 20.4 Å². The van der Waals surface area contributed by atoms with Gasteiger partial charge in [0.2, 0.25) is 11.8 Å². The van der Waals surface area contributed by atoms with E-state index in [1.807, 2.05) is 13.0 Å². The monoisotopic (exact) mass is 260 g/mol. The zero-order valence-electron chi connectivity index (χ0n) is 11.0. The van der Waals surface area contributed by atoms with Gasteiger partial charge in [-0.15, -0.1) is 0 Å². The Morgan fingerprint density at radius 1 is 1.53 bits per heavy atom. The predicted molar refractivity (Wildman–Crippen MR) is 68.2 cm³/mol. The van der Waals surface area contributed by atoms with Crippen LogP contribution in [0.4, 0.5) is 0 Å². The lowest BCUT2D eigenvalue weighted by molar-refractivity contribution is -0.121. The minimum atomic E-state index is -0.245. The number of carbonyl (C=O) groups excluding carboxylic acids is 1. The van der Waals surface area contributed by atoms with E-state index in [1.54, 1.807) is 25.4 Å². The molecule has 1 amide bonds. The average molecular weight is 260 g/mol. The number of amides is 1. The maximum absolute atomic E-state index is 11.9. The normalized spacial score (nSPS) is 12.1. The molecule has 2 aromatic heterocycles. The van der Waals surface area contributed by atoms with Gasteiger partial charge in [0.15, 0.2) is 5.82 Å². The van der Waals surface area contributed by atoms with Crippen molar-refractivity contribution < 1.29 is 9.32 Å². The highest BCUT2D eigenvalue weighted by Crippen LogP contribution is 2.14. The lowest BCUT2D eigenvalue weighted by atomic mass is 10.1. The molecule has 0 aromatic carbocycles. The summed E-state index contributed by atoms with van der Waals surface area (Å²) in [6.45, 7) is 3.70. The number of nitrogens with one attached hydrogen (secondary N) is 1. The van der Waals surface area contributed by atoms with Gasteiger partial charge in [0.1, 0.15) is 6.04 Å². The maximum atomic E-state index is 11.9. The van der Waals surface area contributed by atoms with E-state index in [4.69, 9.17) is 4.52 Å². The molecular weight excluding hydrogens is 244 g/mol. The van der Waals surface area contributed by atoms with E-state index in [9.17, 15) is 4.79 Å². The van der Waals surface area contributed by atoms with Crippen LogP contribution in [0.15, 0.2) is 29.0 Å². The molecule has 0 bridgehead atoms. The highest BCUT2D eigenvalue weighted by molar-refractivity contribution is 5.78. The summed E-state index contributed by atoms with van der Waals surface area (Å²) in [7, 11) is 0. The fourth-order valence-corrected chi connectivity index (χ4v) is 1.73. The van der Waals surface area contributed by atoms with Gasteiger partial charge in [-0.25, -0.2) is 0 Å². The van der Waals surface area contributed by atoms with Crippen LogP contribution in [0.5, 0.6) is 0 Å². The molecule has 0 aliphatic rings. The molecule has 0 spiro atoms. The van der Waals surface area contributed by atoms with Gasteiger partial charge in [-0.3, -0.25) is 9.78 Å². The first-order valence-electron chi connectivity index (χ1n) is 6.17. The topological polar surface area (TPSA) is 80.9 Å². The fraction of sp³-hybridized carbons (Fsp3) is 0.385. The lowest BCUT2D eigenvalue weighted by Crippen LogP contribution is -2.29. The zero-order chi connectivity index (χ0) is 13.7. The highest BCUT2D eigenvalue weighted by atomic mass is 16.5. The molecule has 100 valence electrons. The fourth-order valence-electron chi connectivity index (χ4n) is 1.73. The molecule has 19 heavy (non-hydrogen) atoms. The van der Waals surface area contributed by atoms with Crippen molar-refractivity contribution in [3.05, 3.63) is 41.8 Å². The smallest absolute Gasteiger partial charge is 0.249 e. The summed E-state index contributed by atoms with van der Waals surface area (Å²) in [4.78, 5) is 20.0. The Balaban J connectivity index is 1.97. The van der Waals surface area contributed by atoms with Gasteiger partial charge in [-0.05, 0) is 25.0 Å². The second-order valence-electron chi connectivity index (χ2n) is 4.25. The van der Waals surface area contributed by atoms with Crippen LogP contribution in [0.3, 0.4) is 0 Å². The van der Waals surface area contributed by atoms with Crippen LogP contribution in [-0.2, 0) is 11.2 Å². The van der Waals surface area contributed by atoms with Crippen LogP contribution in [0.2, 0.25) is 0 Å². The van der Waals surface area contributed by atoms with Crippen LogP contribution in [-0.4, -0.2) is 21.0 Å². The van der Waals surface area contributed by atoms with E-state index in [0.717, 1.165) is 5.56 Å². The Hall–Kier alpha value is -2.24. The van der Waals surface area contributed by atoms with E-state index in [-0.39, 0.29) is 18.4 Å². The van der Waals surface area contributed by atoms with Crippen molar-refractivity contribution in [1.29, 1.82) is 0 Å². The van der Waals surface area contributed by atoms with Gasteiger partial charge < -0.3 is 9.84 Å². The molecule has 2 aromatic rings. The first-order chi connectivity index (χ1) is 9.19. The molecule has 6 heteroatoms. The summed E-state index contributed by atoms with van der Waals surface area (Å²) in [6.07, 6.45) is 4.34. The third kappa shape index (κ3) is 3.61. The van der Waals surface area contributed by atoms with E-state index < -0.39 is 0 Å². The molecule has 0 saturated heterocycles. The number of hydrogen-bond acceptors (Lipinski definition) is 5. The minimum Gasteiger partial charge on any atom is -0.344 e. The summed E-state index contributed by atoms with van der Waals surface area (Å²) in [5, 5.41) is 6.61. The first-order valence-corrected chi connectivity index (χ1v) is 6.17. The average Bonchev–Trinajstić information content (AvgIpc) is 2.83. The second-order valence-corrected chi connectivity index (χ2v) is 4.25. The molecule has 0 fully saturated rings. The number of pyridine rings is 1. The molecule has 2 rings (SSSR count). The predicted octanol–water partition coefficient (Wildman–Crippen LogP) is 1.58. The number of aromatic nitrogens is 3. The van der Waals surface area contributed by atoms with Crippen LogP contribution >= 0.6 is 0 Å². The van der Waals surface area contributed by atoms with Crippen molar-refractivity contribution in [2.75, 3.05) is 0 Å². The van der Waals surface area contributed by atoms with Gasteiger partial charge in [-0.1, -0.05) is 18.1 Å². The Morgan fingerprint density at radius 3 is 2.95 bits per heavy atom. The van der Waals surface area contributed by atoms with Crippen LogP contribution in [0.1, 0.15) is 36.7 Å². The molecule has 6 nitrogen and oxygen atoms in total. The molecule has 1 unspecified atom stereocenters. The third-order valence-corrected chi connectivity index (χ3v) is 2.67. The molecule has 0 radical (unpaired) electrons. The van der Waals surface area contributed by atoms with Gasteiger partial charge in [0.05, 0.1) is 6.42 Å². The quantitative estimate of drug-likeness (QED) is 0.882. The van der Waals surface area contributed by atoms with E-state index in [1.165, 1.54) is 0 Å². The first kappa shape index (κ1) is 13.2. The number of hydrogen-bond donors (Lipinski definition) is 1. The van der Waals surface area contributed by atoms with E-state index >= 15 is 0 Å². The molecule has 2 heterocycles. The van der Waals surface area contributed by atoms with Gasteiger partial charge in [0.25, 0.3) is 0 Å². The van der Waals surface area contributed by atoms with E-state index in [0.29, 0.717) is 18.1 Å². The number of rotatable bonds is 5. The molecule has 0 aliphatic heterocycles. The summed E-state index contributed by atoms with van der Waals surface area (Å²) in [5.74, 6) is 0.921. The second kappa shape index (κ2) is 6.08. The zero-order valence-corrected chi connectivity index (χ0v) is 11.0. The largest absolute Gasteiger partial charge is 0.344 e. The van der Waals surface area contributed by atoms with Crippen molar-refractivity contribution in [2.45, 2.75) is 32.7 Å². The van der Waals surface area contributed by atoms with Crippen LogP contribution in [0, 0.1) is 6.92 Å². The minimum absolute atomic E-state index is 0.0873. The number of aryl methyl sites for hydroxylation is 1. The highest BCUT2D eigenvalue weighted by Gasteiger charge is 2.18. The summed E-state index contributed by atoms with van der Waals surface area (Å²) < 4.78 is 5.08. The molecule has 1 atom stereocenters. The van der Waals surface area contributed by atoms with Crippen molar-refractivity contribution in [3.8, 4) is 0 Å². The standard InChI is InChI=1S/C13H16N4O2/c1-3-11(13-15-9(2)17-19-13)16-12(18)7-10-5-4-6-14-8-10/h4-6,8,11H,3,7H2,1-2H3,(H,16,18). The van der Waals surface area contributed by atoms with Gasteiger partial charge in [-0.2, -0.15) is 4.98 Å². The Labute approximate surface area is 111 Å². The summed E-state index contributed by atoms with van der Waals surface area (Å²) >= 11 is 0. The van der Waals surface area contributed by atoms with Gasteiger partial charge in [0, 0.05) is 12.4 Å². The molecular formula is C13H16N4O2. The van der Waals surface area contributed by atoms with Crippen LogP contribution < -0.4 is 5.32 Å². The van der Waals surface area contributed by atoms with Crippen LogP contribution in [0.25, 0.3) is 0 Å². The van der Waals surface area contributed by atoms with Crippen molar-refractivity contribution in [3.63, 3.8) is 0 Å². The Bertz CT molecular complexity index is 539. The van der Waals surface area contributed by atoms with Crippen molar-refractivity contribution in [2.24, 2.45) is 0 Å². The van der Waals surface area contributed by atoms with Crippen molar-refractivity contribution in [1.82, 2.24) is 20.4 Å². The SMILES string of the molecule is CCC(NC(=O)Cc1cccnc1)c1nc(C)no1. The molecule has 0 aliphatic carbocycles.